The molecule has 9 nitrogen and oxygen atoms in total. The maximum absolute atomic E-state index is 13.4. The second-order valence-electron chi connectivity index (χ2n) is 10.5. The number of hydrogen-bond acceptors (Lipinski definition) is 8. The Labute approximate surface area is 245 Å². The predicted octanol–water partition coefficient (Wildman–Crippen LogP) is 4.43. The third-order valence-corrected chi connectivity index (χ3v) is 7.65. The van der Waals surface area contributed by atoms with Gasteiger partial charge in [-0.15, -0.1) is 0 Å². The molecule has 42 heavy (non-hydrogen) atoms. The van der Waals surface area contributed by atoms with Crippen molar-refractivity contribution in [2.45, 2.75) is 26.0 Å². The summed E-state index contributed by atoms with van der Waals surface area (Å²) in [5, 5.41) is 21.6. The molecular formula is C33H36N2O7. The van der Waals surface area contributed by atoms with Gasteiger partial charge >= 0.3 is 0 Å². The minimum absolute atomic E-state index is 0.00690. The number of methoxy groups -OCH3 is 1. The van der Waals surface area contributed by atoms with Crippen LogP contribution in [-0.4, -0.2) is 78.2 Å². The largest absolute Gasteiger partial charge is 0.507 e. The van der Waals surface area contributed by atoms with Gasteiger partial charge in [0.1, 0.15) is 18.1 Å². The molecule has 2 fully saturated rings. The van der Waals surface area contributed by atoms with E-state index in [0.29, 0.717) is 49.7 Å². The van der Waals surface area contributed by atoms with Crippen molar-refractivity contribution >= 4 is 17.4 Å². The van der Waals surface area contributed by atoms with Crippen molar-refractivity contribution in [1.29, 1.82) is 0 Å². The Morgan fingerprint density at radius 3 is 2.48 bits per heavy atom. The fourth-order valence-electron chi connectivity index (χ4n) is 5.44. The normalized spacial score (nSPS) is 18.8. The van der Waals surface area contributed by atoms with Crippen molar-refractivity contribution < 1.29 is 34.0 Å². The number of ether oxygens (including phenoxy) is 3. The van der Waals surface area contributed by atoms with E-state index in [1.165, 1.54) is 18.1 Å². The number of hydrogen-bond donors (Lipinski definition) is 2. The van der Waals surface area contributed by atoms with Gasteiger partial charge in [-0.05, 0) is 60.9 Å². The Morgan fingerprint density at radius 1 is 1.00 bits per heavy atom. The van der Waals surface area contributed by atoms with Crippen LogP contribution >= 0.6 is 0 Å². The van der Waals surface area contributed by atoms with Gasteiger partial charge in [0, 0.05) is 31.7 Å². The number of amides is 1. The Morgan fingerprint density at radius 2 is 1.76 bits per heavy atom. The summed E-state index contributed by atoms with van der Waals surface area (Å²) in [4.78, 5) is 30.5. The number of phenols is 1. The maximum Gasteiger partial charge on any atom is 0.295 e. The highest BCUT2D eigenvalue weighted by Gasteiger charge is 2.46. The molecule has 0 bridgehead atoms. The number of Topliss-reactive ketones (excluding diaryl/α,β-unsaturated/α-hetero) is 1. The van der Waals surface area contributed by atoms with E-state index in [1.54, 1.807) is 36.4 Å². The Hall–Kier alpha value is -4.34. The van der Waals surface area contributed by atoms with Gasteiger partial charge in [-0.3, -0.25) is 14.5 Å². The van der Waals surface area contributed by atoms with Crippen LogP contribution in [0.1, 0.15) is 34.7 Å². The highest BCUT2D eigenvalue weighted by Crippen LogP contribution is 2.42. The molecule has 0 radical (unpaired) electrons. The number of benzene rings is 3. The van der Waals surface area contributed by atoms with Crippen LogP contribution in [0.3, 0.4) is 0 Å². The lowest BCUT2D eigenvalue weighted by atomic mass is 9.95. The van der Waals surface area contributed by atoms with Gasteiger partial charge in [0.15, 0.2) is 11.5 Å². The predicted molar refractivity (Wildman–Crippen MR) is 157 cm³/mol. The number of carbonyl (C=O) groups excluding carboxylic acids is 2. The van der Waals surface area contributed by atoms with Crippen LogP contribution in [-0.2, 0) is 20.9 Å². The van der Waals surface area contributed by atoms with Crippen LogP contribution in [0.5, 0.6) is 17.2 Å². The third-order valence-electron chi connectivity index (χ3n) is 7.65. The summed E-state index contributed by atoms with van der Waals surface area (Å²) in [6.07, 6.45) is 0.645. The molecule has 220 valence electrons. The number of aliphatic hydroxyl groups is 1. The molecule has 9 heteroatoms. The molecule has 0 saturated carbocycles. The van der Waals surface area contributed by atoms with Gasteiger partial charge in [0.25, 0.3) is 11.7 Å². The molecule has 0 aliphatic carbocycles. The number of carbonyl (C=O) groups is 2. The van der Waals surface area contributed by atoms with Crippen molar-refractivity contribution in [2.75, 3.05) is 46.5 Å². The number of aryl methyl sites for hydroxylation is 1. The van der Waals surface area contributed by atoms with E-state index in [1.807, 2.05) is 25.1 Å². The molecule has 2 N–H and O–H groups in total. The van der Waals surface area contributed by atoms with Crippen LogP contribution in [0.4, 0.5) is 0 Å². The first-order valence-electron chi connectivity index (χ1n) is 14.1. The summed E-state index contributed by atoms with van der Waals surface area (Å²) in [6, 6.07) is 18.7. The average Bonchev–Trinajstić information content (AvgIpc) is 3.26. The van der Waals surface area contributed by atoms with Gasteiger partial charge in [0.2, 0.25) is 0 Å². The quantitative estimate of drug-likeness (QED) is 0.209. The second kappa shape index (κ2) is 13.1. The van der Waals surface area contributed by atoms with Crippen molar-refractivity contribution in [1.82, 2.24) is 9.80 Å². The number of morpholine rings is 1. The molecule has 1 atom stereocenters. The number of ketones is 1. The number of likely N-dealkylation sites (tertiary alicyclic amines) is 1. The first-order chi connectivity index (χ1) is 20.4. The lowest BCUT2D eigenvalue weighted by Gasteiger charge is -2.29. The lowest BCUT2D eigenvalue weighted by Crippen LogP contribution is -2.38. The zero-order valence-electron chi connectivity index (χ0n) is 23.9. The highest BCUT2D eigenvalue weighted by atomic mass is 16.5. The average molecular weight is 573 g/mol. The van der Waals surface area contributed by atoms with E-state index in [4.69, 9.17) is 14.2 Å². The Kier molecular flexibility index (Phi) is 9.09. The second-order valence-corrected chi connectivity index (χ2v) is 10.5. The fourth-order valence-corrected chi connectivity index (χ4v) is 5.44. The number of rotatable bonds is 10. The van der Waals surface area contributed by atoms with Crippen LogP contribution in [0.15, 0.2) is 72.3 Å². The van der Waals surface area contributed by atoms with Crippen molar-refractivity contribution in [3.05, 3.63) is 94.6 Å². The molecule has 3 aromatic carbocycles. The fraction of sp³-hybridized carbons (Fsp3) is 0.333. The number of aliphatic hydroxyl groups excluding tert-OH is 1. The van der Waals surface area contributed by atoms with Crippen molar-refractivity contribution in [3.8, 4) is 17.2 Å². The van der Waals surface area contributed by atoms with Gasteiger partial charge in [0.05, 0.1) is 31.9 Å². The van der Waals surface area contributed by atoms with Crippen LogP contribution < -0.4 is 9.47 Å². The summed E-state index contributed by atoms with van der Waals surface area (Å²) in [5.41, 5.74) is 3.12. The molecule has 1 unspecified atom stereocenters. The van der Waals surface area contributed by atoms with Crippen molar-refractivity contribution in [2.24, 2.45) is 0 Å². The van der Waals surface area contributed by atoms with Crippen molar-refractivity contribution in [3.63, 3.8) is 0 Å². The van der Waals surface area contributed by atoms with Gasteiger partial charge < -0.3 is 29.3 Å². The monoisotopic (exact) mass is 572 g/mol. The van der Waals surface area contributed by atoms with Crippen LogP contribution in [0, 0.1) is 6.92 Å². The molecule has 2 aliphatic heterocycles. The molecule has 2 saturated heterocycles. The van der Waals surface area contributed by atoms with E-state index >= 15 is 0 Å². The molecule has 2 aliphatic rings. The van der Waals surface area contributed by atoms with E-state index in [0.717, 1.165) is 30.8 Å². The van der Waals surface area contributed by atoms with Gasteiger partial charge in [-0.2, -0.15) is 0 Å². The van der Waals surface area contributed by atoms with E-state index < -0.39 is 17.7 Å². The zero-order valence-corrected chi connectivity index (χ0v) is 23.9. The standard InChI is InChI=1S/C33H36N2O7/c1-22-5-3-6-23(19-22)21-42-26-10-7-24(8-11-26)31(37)29-30(25-9-12-27(36)28(20-25)40-2)35(33(39)32(29)38)14-4-13-34-15-17-41-18-16-34/h3,5-12,19-20,30,36-37H,4,13-18,21H2,1-2H3. The van der Waals surface area contributed by atoms with E-state index in [9.17, 15) is 19.8 Å². The lowest BCUT2D eigenvalue weighted by molar-refractivity contribution is -0.140. The molecule has 0 spiro atoms. The summed E-state index contributed by atoms with van der Waals surface area (Å²) < 4.78 is 16.6. The Bertz CT molecular complexity index is 1460. The number of phenolic OH excluding ortho intramolecular Hbond substituents is 1. The van der Waals surface area contributed by atoms with E-state index in [2.05, 4.69) is 11.0 Å². The summed E-state index contributed by atoms with van der Waals surface area (Å²) in [5.74, 6) is -0.944. The molecule has 5 rings (SSSR count). The zero-order chi connectivity index (χ0) is 29.6. The molecular weight excluding hydrogens is 536 g/mol. The molecule has 2 heterocycles. The topological polar surface area (TPSA) is 109 Å². The summed E-state index contributed by atoms with van der Waals surface area (Å²) in [6.45, 7) is 6.48. The summed E-state index contributed by atoms with van der Waals surface area (Å²) >= 11 is 0. The van der Waals surface area contributed by atoms with Crippen LogP contribution in [0.25, 0.3) is 5.76 Å². The van der Waals surface area contributed by atoms with Gasteiger partial charge in [-0.25, -0.2) is 0 Å². The summed E-state index contributed by atoms with van der Waals surface area (Å²) in [7, 11) is 1.43. The molecule has 3 aromatic rings. The minimum atomic E-state index is -0.846. The maximum atomic E-state index is 13.4. The molecule has 0 aromatic heterocycles. The first-order valence-corrected chi connectivity index (χ1v) is 14.1. The smallest absolute Gasteiger partial charge is 0.295 e. The SMILES string of the molecule is COc1cc(C2C(=C(O)c3ccc(OCc4cccc(C)c4)cc3)C(=O)C(=O)N2CCCN2CCOCC2)ccc1O. The minimum Gasteiger partial charge on any atom is -0.507 e. The van der Waals surface area contributed by atoms with Crippen LogP contribution in [0.2, 0.25) is 0 Å². The highest BCUT2D eigenvalue weighted by molar-refractivity contribution is 6.46. The number of nitrogens with zero attached hydrogens (tertiary/aromatic N) is 2. The Balaban J connectivity index is 1.42. The van der Waals surface area contributed by atoms with Gasteiger partial charge in [-0.1, -0.05) is 35.9 Å². The number of aromatic hydroxyl groups is 1. The molecule has 1 amide bonds. The first kappa shape index (κ1) is 29.2. The third kappa shape index (κ3) is 6.42. The van der Waals surface area contributed by atoms with E-state index in [-0.39, 0.29) is 22.8 Å².